The van der Waals surface area contributed by atoms with Gasteiger partial charge in [-0.15, -0.1) is 0 Å². The Morgan fingerprint density at radius 2 is 1.83 bits per heavy atom. The average molecular weight is 187 g/mol. The molecular formula is C10H15ClO. The van der Waals surface area contributed by atoms with Gasteiger partial charge in [-0.25, -0.2) is 0 Å². The van der Waals surface area contributed by atoms with Crippen LogP contribution in [0.2, 0.25) is 5.02 Å². The van der Waals surface area contributed by atoms with Gasteiger partial charge in [0.05, 0.1) is 6.61 Å². The maximum absolute atomic E-state index is 5.82. The minimum atomic E-state index is 0.583. The summed E-state index contributed by atoms with van der Waals surface area (Å²) in [5, 5.41) is 0.768. The lowest BCUT2D eigenvalue weighted by Gasteiger charge is -1.99. The van der Waals surface area contributed by atoms with Gasteiger partial charge in [0.1, 0.15) is 0 Å². The summed E-state index contributed by atoms with van der Waals surface area (Å²) in [5.41, 5.74) is 1.03. The van der Waals surface area contributed by atoms with E-state index in [1.54, 1.807) is 7.11 Å². The number of ether oxygens (including phenoxy) is 1. The number of halogens is 1. The molecule has 1 aromatic rings. The van der Waals surface area contributed by atoms with Crippen molar-refractivity contribution < 1.29 is 4.74 Å². The minimum absolute atomic E-state index is 0.583. The first-order valence-corrected chi connectivity index (χ1v) is 4.44. The molecule has 0 radical (unpaired) electrons. The van der Waals surface area contributed by atoms with Crippen molar-refractivity contribution in [2.24, 2.45) is 0 Å². The Labute approximate surface area is 79.3 Å². The molecule has 0 atom stereocenters. The van der Waals surface area contributed by atoms with E-state index in [4.69, 9.17) is 16.3 Å². The predicted molar refractivity (Wildman–Crippen MR) is 53.5 cm³/mol. The van der Waals surface area contributed by atoms with Crippen molar-refractivity contribution >= 4 is 11.6 Å². The zero-order valence-corrected chi connectivity index (χ0v) is 8.56. The molecule has 0 aliphatic heterocycles. The lowest BCUT2D eigenvalue weighted by molar-refractivity contribution is 0.185. The van der Waals surface area contributed by atoms with E-state index in [0.717, 1.165) is 10.6 Å². The average Bonchev–Trinajstić information content (AvgIpc) is 2.13. The molecule has 0 amide bonds. The van der Waals surface area contributed by atoms with E-state index in [1.165, 1.54) is 0 Å². The second-order valence-corrected chi connectivity index (χ2v) is 2.43. The van der Waals surface area contributed by atoms with Crippen molar-refractivity contribution in [3.8, 4) is 0 Å². The quantitative estimate of drug-likeness (QED) is 0.687. The van der Waals surface area contributed by atoms with Crippen LogP contribution in [0.4, 0.5) is 0 Å². The van der Waals surface area contributed by atoms with E-state index >= 15 is 0 Å². The van der Waals surface area contributed by atoms with Crippen LogP contribution in [0.3, 0.4) is 0 Å². The van der Waals surface area contributed by atoms with Crippen molar-refractivity contribution in [1.29, 1.82) is 0 Å². The first kappa shape index (κ1) is 11.5. The molecular weight excluding hydrogens is 172 g/mol. The smallest absolute Gasteiger partial charge is 0.0727 e. The Morgan fingerprint density at radius 1 is 1.25 bits per heavy atom. The molecule has 0 saturated heterocycles. The van der Waals surface area contributed by atoms with E-state index in [-0.39, 0.29) is 0 Å². The van der Waals surface area contributed by atoms with Gasteiger partial charge in [-0.2, -0.15) is 0 Å². The fourth-order valence-electron chi connectivity index (χ4n) is 0.771. The summed E-state index contributed by atoms with van der Waals surface area (Å²) >= 11 is 5.82. The van der Waals surface area contributed by atoms with Gasteiger partial charge in [-0.05, 0) is 11.6 Å². The molecule has 1 nitrogen and oxygen atoms in total. The van der Waals surface area contributed by atoms with E-state index in [2.05, 4.69) is 0 Å². The Morgan fingerprint density at radius 3 is 2.33 bits per heavy atom. The molecule has 0 aliphatic rings. The summed E-state index contributed by atoms with van der Waals surface area (Å²) < 4.78 is 4.92. The van der Waals surface area contributed by atoms with Gasteiger partial charge in [0, 0.05) is 12.1 Å². The normalized spacial score (nSPS) is 8.67. The van der Waals surface area contributed by atoms with Crippen molar-refractivity contribution in [2.45, 2.75) is 20.5 Å². The Hall–Kier alpha value is -0.530. The van der Waals surface area contributed by atoms with Crippen LogP contribution in [0.15, 0.2) is 24.3 Å². The van der Waals surface area contributed by atoms with Crippen LogP contribution >= 0.6 is 11.6 Å². The molecule has 12 heavy (non-hydrogen) atoms. The van der Waals surface area contributed by atoms with Gasteiger partial charge >= 0.3 is 0 Å². The van der Waals surface area contributed by atoms with Gasteiger partial charge in [0.25, 0.3) is 0 Å². The Balaban J connectivity index is 0.000000561. The number of rotatable bonds is 2. The van der Waals surface area contributed by atoms with Crippen LogP contribution in [-0.4, -0.2) is 7.11 Å². The van der Waals surface area contributed by atoms with Gasteiger partial charge in [-0.1, -0.05) is 43.6 Å². The summed E-state index contributed by atoms with van der Waals surface area (Å²) in [5.74, 6) is 0. The molecule has 0 bridgehead atoms. The monoisotopic (exact) mass is 186 g/mol. The fourth-order valence-corrected chi connectivity index (χ4v) is 0.961. The maximum Gasteiger partial charge on any atom is 0.0727 e. The maximum atomic E-state index is 5.82. The van der Waals surface area contributed by atoms with Crippen LogP contribution in [0.5, 0.6) is 0 Å². The van der Waals surface area contributed by atoms with Gasteiger partial charge < -0.3 is 4.74 Å². The molecule has 0 saturated carbocycles. The second-order valence-electron chi connectivity index (χ2n) is 2.02. The molecule has 0 heterocycles. The van der Waals surface area contributed by atoms with Crippen LogP contribution in [0.25, 0.3) is 0 Å². The first-order valence-electron chi connectivity index (χ1n) is 4.07. The zero-order valence-electron chi connectivity index (χ0n) is 7.80. The van der Waals surface area contributed by atoms with Gasteiger partial charge in [0.2, 0.25) is 0 Å². The van der Waals surface area contributed by atoms with Crippen LogP contribution < -0.4 is 0 Å². The number of hydrogen-bond acceptors (Lipinski definition) is 1. The van der Waals surface area contributed by atoms with E-state index in [9.17, 15) is 0 Å². The summed E-state index contributed by atoms with van der Waals surface area (Å²) in [7, 11) is 1.66. The minimum Gasteiger partial charge on any atom is -0.380 e. The highest BCUT2D eigenvalue weighted by molar-refractivity contribution is 6.31. The highest BCUT2D eigenvalue weighted by Crippen LogP contribution is 2.14. The third-order valence-electron chi connectivity index (χ3n) is 1.26. The molecule has 1 rings (SSSR count). The van der Waals surface area contributed by atoms with E-state index < -0.39 is 0 Å². The summed E-state index contributed by atoms with van der Waals surface area (Å²) in [4.78, 5) is 0. The van der Waals surface area contributed by atoms with Gasteiger partial charge in [0.15, 0.2) is 0 Å². The third-order valence-corrected chi connectivity index (χ3v) is 1.63. The molecule has 0 aliphatic carbocycles. The molecule has 2 heteroatoms. The van der Waals surface area contributed by atoms with Crippen molar-refractivity contribution in [1.82, 2.24) is 0 Å². The zero-order chi connectivity index (χ0) is 9.40. The van der Waals surface area contributed by atoms with Crippen LogP contribution in [0.1, 0.15) is 19.4 Å². The molecule has 0 aromatic heterocycles. The predicted octanol–water partition coefficient (Wildman–Crippen LogP) is 3.51. The Kier molecular flexibility index (Phi) is 6.82. The molecule has 0 unspecified atom stereocenters. The molecule has 0 N–H and O–H groups in total. The van der Waals surface area contributed by atoms with Crippen LogP contribution in [-0.2, 0) is 11.3 Å². The largest absolute Gasteiger partial charge is 0.380 e. The number of benzene rings is 1. The van der Waals surface area contributed by atoms with E-state index in [0.29, 0.717) is 6.61 Å². The lowest BCUT2D eigenvalue weighted by atomic mass is 10.2. The standard InChI is InChI=1S/C8H9ClO.C2H6/c1-10-6-7-4-2-3-5-8(7)9;1-2/h2-5H,6H2,1H3;1-2H3. The summed E-state index contributed by atoms with van der Waals surface area (Å²) in [6.45, 7) is 4.58. The topological polar surface area (TPSA) is 9.23 Å². The molecule has 0 spiro atoms. The summed E-state index contributed by atoms with van der Waals surface area (Å²) in [6.07, 6.45) is 0. The highest BCUT2D eigenvalue weighted by Gasteiger charge is 1.95. The molecule has 0 fully saturated rings. The third kappa shape index (κ3) is 3.74. The lowest BCUT2D eigenvalue weighted by Crippen LogP contribution is -1.86. The van der Waals surface area contributed by atoms with Crippen LogP contribution in [0, 0.1) is 0 Å². The van der Waals surface area contributed by atoms with Crippen molar-refractivity contribution in [3.63, 3.8) is 0 Å². The van der Waals surface area contributed by atoms with Crippen molar-refractivity contribution in [2.75, 3.05) is 7.11 Å². The van der Waals surface area contributed by atoms with Crippen molar-refractivity contribution in [3.05, 3.63) is 34.9 Å². The van der Waals surface area contributed by atoms with E-state index in [1.807, 2.05) is 38.1 Å². The number of methoxy groups -OCH3 is 1. The summed E-state index contributed by atoms with van der Waals surface area (Å²) in [6, 6.07) is 7.66. The SMILES string of the molecule is CC.COCc1ccccc1Cl. The first-order chi connectivity index (χ1) is 5.84. The fraction of sp³-hybridized carbons (Fsp3) is 0.400. The highest BCUT2D eigenvalue weighted by atomic mass is 35.5. The molecule has 68 valence electrons. The van der Waals surface area contributed by atoms with Gasteiger partial charge in [-0.3, -0.25) is 0 Å². The number of hydrogen-bond donors (Lipinski definition) is 0. The Bertz CT molecular complexity index is 211. The second kappa shape index (κ2) is 7.14. The molecule has 1 aromatic carbocycles.